The number of allylic oxidation sites excluding steroid dienone is 3. The van der Waals surface area contributed by atoms with Gasteiger partial charge in [0.25, 0.3) is 0 Å². The van der Waals surface area contributed by atoms with Crippen LogP contribution in [0, 0.1) is 6.92 Å². The lowest BCUT2D eigenvalue weighted by Gasteiger charge is -2.33. The third kappa shape index (κ3) is 15.1. The molecule has 70 heavy (non-hydrogen) atoms. The molecule has 14 nitrogen and oxygen atoms in total. The standard InChI is InChI=1S/C55H69N5O9S/c1-39-13-11-12-16-60(38-62)46(23-39)33-57-49-30-53(51(64-6)24-40(49)2)68-34-41-25-42(27-45(26-41)59(36-55(3,4)70-8)17-18-66-21-22-67-20-19-63-5)35-69-54-31-50-48(29-52(54)65-7)47-15-10-9-14-43(47)28-44(32-56-50)58-37-61/h9-16,24-27,29-31,33,37-38,44,46,56H,1,17-23,28,32,34-36H2,2-8H3,(H,58,61)/b13-11-,16-12-,57-33-/t44-,46-/m0/s1. The highest BCUT2D eigenvalue weighted by Crippen LogP contribution is 2.42. The third-order valence-electron chi connectivity index (χ3n) is 12.1. The monoisotopic (exact) mass is 975 g/mol. The van der Waals surface area contributed by atoms with Crippen LogP contribution in [-0.4, -0.2) is 121 Å². The molecule has 15 heteroatoms. The number of carbonyl (C=O) groups is 2. The molecule has 0 unspecified atom stereocenters. The number of hydrogen-bond donors (Lipinski definition) is 2. The van der Waals surface area contributed by atoms with Gasteiger partial charge in [-0.05, 0) is 104 Å². The SMILES string of the molecule is C=C1/C=C\C=C/N(C=O)[C@H](/C=N\c2cc(OCc3cc(COc4cc5c(cc4OC)-c4ccccc4C[C@H](NC=O)CN5)cc(N(CCOCCOCCOC)CC(C)(C)SC)c3)c(OC)cc2C)C1. The van der Waals surface area contributed by atoms with E-state index in [0.29, 0.717) is 87.7 Å². The van der Waals surface area contributed by atoms with Gasteiger partial charge in [-0.25, -0.2) is 0 Å². The molecule has 374 valence electrons. The highest BCUT2D eigenvalue weighted by atomic mass is 32.2. The summed E-state index contributed by atoms with van der Waals surface area (Å²) >= 11 is 1.81. The van der Waals surface area contributed by atoms with E-state index in [1.807, 2.05) is 73.3 Å². The van der Waals surface area contributed by atoms with Crippen LogP contribution in [0.3, 0.4) is 0 Å². The Morgan fingerprint density at radius 2 is 1.56 bits per heavy atom. The second-order valence-electron chi connectivity index (χ2n) is 17.7. The lowest BCUT2D eigenvalue weighted by Crippen LogP contribution is -2.39. The van der Waals surface area contributed by atoms with Gasteiger partial charge >= 0.3 is 0 Å². The van der Waals surface area contributed by atoms with Crippen molar-refractivity contribution in [1.82, 2.24) is 10.2 Å². The maximum atomic E-state index is 12.0. The number of aryl methyl sites for hydroxylation is 1. The van der Waals surface area contributed by atoms with E-state index in [4.69, 9.17) is 38.2 Å². The number of anilines is 2. The Morgan fingerprint density at radius 1 is 0.857 bits per heavy atom. The van der Waals surface area contributed by atoms with Crippen LogP contribution < -0.4 is 34.5 Å². The molecule has 0 aliphatic carbocycles. The number of nitrogens with zero attached hydrogens (tertiary/aromatic N) is 3. The number of methoxy groups -OCH3 is 3. The van der Waals surface area contributed by atoms with Gasteiger partial charge in [-0.2, -0.15) is 11.8 Å². The molecule has 0 saturated carbocycles. The van der Waals surface area contributed by atoms with Crippen LogP contribution in [0.25, 0.3) is 11.1 Å². The first-order valence-corrected chi connectivity index (χ1v) is 24.8. The number of thioether (sulfide) groups is 1. The second kappa shape index (κ2) is 26.6. The maximum absolute atomic E-state index is 12.0. The van der Waals surface area contributed by atoms with Crippen LogP contribution >= 0.6 is 11.8 Å². The summed E-state index contributed by atoms with van der Waals surface area (Å²) in [4.78, 5) is 32.4. The summed E-state index contributed by atoms with van der Waals surface area (Å²) < 4.78 is 41.9. The number of amides is 2. The molecule has 0 saturated heterocycles. The first-order chi connectivity index (χ1) is 34.0. The molecule has 2 heterocycles. The van der Waals surface area contributed by atoms with Crippen LogP contribution in [0.2, 0.25) is 0 Å². The fourth-order valence-electron chi connectivity index (χ4n) is 8.19. The molecule has 2 atom stereocenters. The van der Waals surface area contributed by atoms with Crippen LogP contribution in [0.4, 0.5) is 17.1 Å². The number of nitrogens with one attached hydrogen (secondary N) is 2. The summed E-state index contributed by atoms with van der Waals surface area (Å²) in [6.07, 6.45) is 14.0. The van der Waals surface area contributed by atoms with Crippen molar-refractivity contribution in [3.63, 3.8) is 0 Å². The number of ether oxygens (including phenoxy) is 7. The molecule has 2 aliphatic rings. The molecular weight excluding hydrogens is 907 g/mol. The summed E-state index contributed by atoms with van der Waals surface area (Å²) in [6.45, 7) is 15.4. The first kappa shape index (κ1) is 53.1. The summed E-state index contributed by atoms with van der Waals surface area (Å²) in [5.74, 6) is 2.26. The van der Waals surface area contributed by atoms with Crippen molar-refractivity contribution >= 4 is 47.9 Å². The number of carbonyl (C=O) groups excluding carboxylic acids is 2. The molecule has 6 rings (SSSR count). The zero-order chi connectivity index (χ0) is 49.9. The van der Waals surface area contributed by atoms with Crippen LogP contribution in [-0.2, 0) is 43.4 Å². The topological polar surface area (TPSA) is 142 Å². The lowest BCUT2D eigenvalue weighted by molar-refractivity contribution is -0.116. The molecule has 0 fully saturated rings. The highest BCUT2D eigenvalue weighted by molar-refractivity contribution is 7.99. The Hall–Kier alpha value is -6.26. The second-order valence-corrected chi connectivity index (χ2v) is 19.2. The molecule has 4 aromatic carbocycles. The molecule has 2 amide bonds. The molecule has 2 N–H and O–H groups in total. The van der Waals surface area contributed by atoms with Crippen molar-refractivity contribution in [3.8, 4) is 34.1 Å². The predicted octanol–water partition coefficient (Wildman–Crippen LogP) is 9.11. The Morgan fingerprint density at radius 3 is 2.26 bits per heavy atom. The van der Waals surface area contributed by atoms with E-state index >= 15 is 0 Å². The molecule has 0 spiro atoms. The zero-order valence-corrected chi connectivity index (χ0v) is 42.5. The van der Waals surface area contributed by atoms with Crippen molar-refractivity contribution in [3.05, 3.63) is 126 Å². The fraction of sp³-hybridized carbons (Fsp3) is 0.400. The van der Waals surface area contributed by atoms with E-state index in [-0.39, 0.29) is 30.0 Å². The Balaban J connectivity index is 1.32. The summed E-state index contributed by atoms with van der Waals surface area (Å²) in [7, 11) is 4.92. The number of fused-ring (bicyclic) bond motifs is 3. The zero-order valence-electron chi connectivity index (χ0n) is 41.7. The van der Waals surface area contributed by atoms with E-state index < -0.39 is 0 Å². The van der Waals surface area contributed by atoms with Gasteiger partial charge in [0.05, 0.1) is 59.0 Å². The molecular formula is C55H69N5O9S. The predicted molar refractivity (Wildman–Crippen MR) is 282 cm³/mol. The van der Waals surface area contributed by atoms with Gasteiger partial charge in [0.15, 0.2) is 23.0 Å². The maximum Gasteiger partial charge on any atom is 0.214 e. The van der Waals surface area contributed by atoms with Crippen LogP contribution in [0.5, 0.6) is 23.0 Å². The van der Waals surface area contributed by atoms with E-state index in [1.54, 1.807) is 38.6 Å². The van der Waals surface area contributed by atoms with E-state index in [1.165, 1.54) is 0 Å². The van der Waals surface area contributed by atoms with Crippen molar-refractivity contribution in [2.45, 2.75) is 63.7 Å². The summed E-state index contributed by atoms with van der Waals surface area (Å²) in [5.41, 5.74) is 9.34. The molecule has 2 aliphatic heterocycles. The minimum Gasteiger partial charge on any atom is -0.493 e. The Kier molecular flexibility index (Phi) is 20.2. The minimum absolute atomic E-state index is 0.0858. The third-order valence-corrected chi connectivity index (χ3v) is 13.3. The molecule has 0 aromatic heterocycles. The van der Waals surface area contributed by atoms with Crippen molar-refractivity contribution < 1.29 is 42.7 Å². The molecule has 0 radical (unpaired) electrons. The van der Waals surface area contributed by atoms with Gasteiger partial charge in [0.1, 0.15) is 13.2 Å². The van der Waals surface area contributed by atoms with E-state index in [2.05, 4.69) is 72.5 Å². The van der Waals surface area contributed by atoms with Gasteiger partial charge in [-0.1, -0.05) is 48.6 Å². The lowest BCUT2D eigenvalue weighted by atomic mass is 9.92. The van der Waals surface area contributed by atoms with Gasteiger partial charge in [-0.3, -0.25) is 14.6 Å². The number of hydrogen-bond acceptors (Lipinski definition) is 13. The average molecular weight is 976 g/mol. The fourth-order valence-corrected chi connectivity index (χ4v) is 8.47. The van der Waals surface area contributed by atoms with Gasteiger partial charge in [0, 0.05) is 79.0 Å². The summed E-state index contributed by atoms with van der Waals surface area (Å²) in [5, 5.41) is 6.53. The van der Waals surface area contributed by atoms with E-state index in [9.17, 15) is 9.59 Å². The smallest absolute Gasteiger partial charge is 0.214 e. The van der Waals surface area contributed by atoms with Crippen molar-refractivity contribution in [2.24, 2.45) is 4.99 Å². The van der Waals surface area contributed by atoms with Crippen molar-refractivity contribution in [2.75, 3.05) is 90.5 Å². The Labute approximate surface area is 418 Å². The number of aliphatic imine (C=N–C) groups is 1. The normalized spacial score (nSPS) is 16.6. The van der Waals surface area contributed by atoms with Crippen molar-refractivity contribution in [1.29, 1.82) is 0 Å². The number of benzene rings is 4. The first-order valence-electron chi connectivity index (χ1n) is 23.5. The minimum atomic E-state index is -0.319. The molecule has 4 aromatic rings. The van der Waals surface area contributed by atoms with E-state index in [0.717, 1.165) is 69.7 Å². The van der Waals surface area contributed by atoms with Gasteiger partial charge < -0.3 is 53.6 Å². The average Bonchev–Trinajstić information content (AvgIpc) is 3.35. The quantitative estimate of drug-likeness (QED) is 0.0352. The molecule has 0 bridgehead atoms. The highest BCUT2D eigenvalue weighted by Gasteiger charge is 2.24. The Bertz CT molecular complexity index is 2480. The van der Waals surface area contributed by atoms with Crippen LogP contribution in [0.15, 0.2) is 108 Å². The van der Waals surface area contributed by atoms with Gasteiger partial charge in [-0.15, -0.1) is 0 Å². The van der Waals surface area contributed by atoms with Crippen LogP contribution in [0.1, 0.15) is 42.5 Å². The largest absolute Gasteiger partial charge is 0.493 e. The summed E-state index contributed by atoms with van der Waals surface area (Å²) in [6, 6.07) is 22.0. The van der Waals surface area contributed by atoms with Gasteiger partial charge in [0.2, 0.25) is 12.8 Å². The number of rotatable bonds is 26.